The minimum atomic E-state index is -0.254. The first-order chi connectivity index (χ1) is 10.1. The highest BCUT2D eigenvalue weighted by molar-refractivity contribution is 9.10. The highest BCUT2D eigenvalue weighted by Gasteiger charge is 2.08. The smallest absolute Gasteiger partial charge is 0.272 e. The van der Waals surface area contributed by atoms with Gasteiger partial charge in [0.15, 0.2) is 0 Å². The number of benzene rings is 2. The topological polar surface area (TPSA) is 50.7 Å². The van der Waals surface area contributed by atoms with E-state index in [1.54, 1.807) is 19.2 Å². The Balaban J connectivity index is 2.09. The van der Waals surface area contributed by atoms with Crippen molar-refractivity contribution in [3.8, 4) is 5.75 Å². The molecule has 0 bridgehead atoms. The molecular weight excluding hydrogens is 332 g/mol. The summed E-state index contributed by atoms with van der Waals surface area (Å²) >= 11 is 3.34. The largest absolute Gasteiger partial charge is 0.497 e. The fourth-order valence-corrected chi connectivity index (χ4v) is 2.20. The molecule has 4 nitrogen and oxygen atoms in total. The Morgan fingerprint density at radius 1 is 1.14 bits per heavy atom. The second-order valence-corrected chi connectivity index (χ2v) is 5.20. The van der Waals surface area contributed by atoms with Crippen LogP contribution in [0.2, 0.25) is 0 Å². The van der Waals surface area contributed by atoms with Gasteiger partial charge in [-0.25, -0.2) is 5.43 Å². The van der Waals surface area contributed by atoms with Gasteiger partial charge in [0, 0.05) is 4.47 Å². The SMILES string of the molecule is COc1ccc(C(C)=NNC(=O)c2ccccc2Br)cc1. The summed E-state index contributed by atoms with van der Waals surface area (Å²) < 4.78 is 5.84. The third-order valence-corrected chi connectivity index (χ3v) is 3.64. The van der Waals surface area contributed by atoms with Gasteiger partial charge in [0.1, 0.15) is 5.75 Å². The molecule has 0 aliphatic heterocycles. The van der Waals surface area contributed by atoms with E-state index < -0.39 is 0 Å². The van der Waals surface area contributed by atoms with Gasteiger partial charge in [-0.3, -0.25) is 4.79 Å². The van der Waals surface area contributed by atoms with Crippen molar-refractivity contribution in [2.45, 2.75) is 6.92 Å². The molecule has 0 fully saturated rings. The van der Waals surface area contributed by atoms with E-state index in [1.807, 2.05) is 43.3 Å². The summed E-state index contributed by atoms with van der Waals surface area (Å²) in [5.41, 5.74) is 4.74. The average Bonchev–Trinajstić information content (AvgIpc) is 2.52. The van der Waals surface area contributed by atoms with Crippen LogP contribution in [0, 0.1) is 0 Å². The molecule has 108 valence electrons. The van der Waals surface area contributed by atoms with E-state index in [-0.39, 0.29) is 5.91 Å². The lowest BCUT2D eigenvalue weighted by atomic mass is 10.1. The number of halogens is 1. The normalized spacial score (nSPS) is 11.1. The van der Waals surface area contributed by atoms with Crippen LogP contribution in [0.15, 0.2) is 58.1 Å². The van der Waals surface area contributed by atoms with E-state index >= 15 is 0 Å². The lowest BCUT2D eigenvalue weighted by Crippen LogP contribution is -2.19. The van der Waals surface area contributed by atoms with Gasteiger partial charge in [-0.1, -0.05) is 12.1 Å². The maximum atomic E-state index is 12.0. The molecule has 0 aromatic heterocycles. The maximum absolute atomic E-state index is 12.0. The number of nitrogens with zero attached hydrogens (tertiary/aromatic N) is 1. The number of ether oxygens (including phenoxy) is 1. The standard InChI is InChI=1S/C16H15BrN2O2/c1-11(12-7-9-13(21-2)10-8-12)18-19-16(20)14-5-3-4-6-15(14)17/h3-10H,1-2H3,(H,19,20). The molecule has 0 saturated heterocycles. The number of rotatable bonds is 4. The minimum absolute atomic E-state index is 0.254. The van der Waals surface area contributed by atoms with Crippen molar-refractivity contribution in [2.24, 2.45) is 5.10 Å². The third-order valence-electron chi connectivity index (χ3n) is 2.95. The lowest BCUT2D eigenvalue weighted by Gasteiger charge is -2.05. The Labute approximate surface area is 132 Å². The summed E-state index contributed by atoms with van der Waals surface area (Å²) in [6.07, 6.45) is 0. The summed E-state index contributed by atoms with van der Waals surface area (Å²) in [6.45, 7) is 1.84. The van der Waals surface area contributed by atoms with E-state index in [0.717, 1.165) is 21.5 Å². The number of amides is 1. The van der Waals surface area contributed by atoms with Gasteiger partial charge in [0.05, 0.1) is 18.4 Å². The van der Waals surface area contributed by atoms with Gasteiger partial charge < -0.3 is 4.74 Å². The predicted molar refractivity (Wildman–Crippen MR) is 86.8 cm³/mol. The van der Waals surface area contributed by atoms with E-state index in [4.69, 9.17) is 4.74 Å². The highest BCUT2D eigenvalue weighted by Crippen LogP contribution is 2.15. The molecule has 2 rings (SSSR count). The molecule has 0 saturated carbocycles. The zero-order valence-electron chi connectivity index (χ0n) is 11.8. The quantitative estimate of drug-likeness (QED) is 0.679. The summed E-state index contributed by atoms with van der Waals surface area (Å²) in [5, 5.41) is 4.12. The van der Waals surface area contributed by atoms with Crippen molar-refractivity contribution in [1.82, 2.24) is 5.43 Å². The predicted octanol–water partition coefficient (Wildman–Crippen LogP) is 3.61. The van der Waals surface area contributed by atoms with E-state index in [2.05, 4.69) is 26.5 Å². The average molecular weight is 347 g/mol. The van der Waals surface area contributed by atoms with Crippen molar-refractivity contribution in [3.63, 3.8) is 0 Å². The van der Waals surface area contributed by atoms with Crippen LogP contribution in [0.1, 0.15) is 22.8 Å². The van der Waals surface area contributed by atoms with Gasteiger partial charge in [-0.05, 0) is 64.8 Å². The molecule has 1 N–H and O–H groups in total. The molecule has 1 amide bonds. The summed E-state index contributed by atoms with van der Waals surface area (Å²) in [5.74, 6) is 0.527. The molecule has 0 aliphatic rings. The van der Waals surface area contributed by atoms with Crippen LogP contribution in [-0.2, 0) is 0 Å². The number of hydrogen-bond acceptors (Lipinski definition) is 3. The molecule has 0 unspecified atom stereocenters. The van der Waals surface area contributed by atoms with Crippen LogP contribution >= 0.6 is 15.9 Å². The van der Waals surface area contributed by atoms with Gasteiger partial charge in [-0.15, -0.1) is 0 Å². The second-order valence-electron chi connectivity index (χ2n) is 4.35. The Morgan fingerprint density at radius 3 is 2.43 bits per heavy atom. The van der Waals surface area contributed by atoms with Crippen molar-refractivity contribution >= 4 is 27.5 Å². The summed E-state index contributed by atoms with van der Waals surface area (Å²) in [6, 6.07) is 14.7. The summed E-state index contributed by atoms with van der Waals surface area (Å²) in [7, 11) is 1.62. The molecule has 5 heteroatoms. The van der Waals surface area contributed by atoms with Crippen LogP contribution in [0.5, 0.6) is 5.75 Å². The van der Waals surface area contributed by atoms with Crippen LogP contribution < -0.4 is 10.2 Å². The molecule has 0 heterocycles. The molecule has 0 radical (unpaired) electrons. The Hall–Kier alpha value is -2.14. The van der Waals surface area contributed by atoms with Crippen molar-refractivity contribution in [3.05, 3.63) is 64.1 Å². The second kappa shape index (κ2) is 7.04. The van der Waals surface area contributed by atoms with Crippen LogP contribution in [0.25, 0.3) is 0 Å². The maximum Gasteiger partial charge on any atom is 0.272 e. The zero-order valence-corrected chi connectivity index (χ0v) is 13.3. The van der Waals surface area contributed by atoms with Gasteiger partial charge in [0.2, 0.25) is 0 Å². The number of hydrogen-bond donors (Lipinski definition) is 1. The Kier molecular flexibility index (Phi) is 5.11. The molecule has 2 aromatic carbocycles. The van der Waals surface area contributed by atoms with E-state index in [1.165, 1.54) is 0 Å². The number of carbonyl (C=O) groups is 1. The number of nitrogens with one attached hydrogen (secondary N) is 1. The molecular formula is C16H15BrN2O2. The summed E-state index contributed by atoms with van der Waals surface area (Å²) in [4.78, 5) is 12.0. The fourth-order valence-electron chi connectivity index (χ4n) is 1.74. The third kappa shape index (κ3) is 3.92. The number of carbonyl (C=O) groups excluding carboxylic acids is 1. The van der Waals surface area contributed by atoms with E-state index in [0.29, 0.717) is 5.56 Å². The molecule has 0 atom stereocenters. The first-order valence-electron chi connectivity index (χ1n) is 6.35. The lowest BCUT2D eigenvalue weighted by molar-refractivity contribution is 0.0954. The van der Waals surface area contributed by atoms with Gasteiger partial charge >= 0.3 is 0 Å². The molecule has 2 aromatic rings. The van der Waals surface area contributed by atoms with Crippen molar-refractivity contribution < 1.29 is 9.53 Å². The molecule has 21 heavy (non-hydrogen) atoms. The molecule has 0 aliphatic carbocycles. The van der Waals surface area contributed by atoms with Crippen LogP contribution in [-0.4, -0.2) is 18.7 Å². The van der Waals surface area contributed by atoms with Crippen LogP contribution in [0.4, 0.5) is 0 Å². The number of methoxy groups -OCH3 is 1. The van der Waals surface area contributed by atoms with E-state index in [9.17, 15) is 4.79 Å². The van der Waals surface area contributed by atoms with Crippen LogP contribution in [0.3, 0.4) is 0 Å². The van der Waals surface area contributed by atoms with Gasteiger partial charge in [0.25, 0.3) is 5.91 Å². The molecule has 0 spiro atoms. The van der Waals surface area contributed by atoms with Gasteiger partial charge in [-0.2, -0.15) is 5.10 Å². The fraction of sp³-hybridized carbons (Fsp3) is 0.125. The zero-order chi connectivity index (χ0) is 15.2. The monoisotopic (exact) mass is 346 g/mol. The van der Waals surface area contributed by atoms with Crippen molar-refractivity contribution in [1.29, 1.82) is 0 Å². The Bertz CT molecular complexity index is 666. The first kappa shape index (κ1) is 15.3. The van der Waals surface area contributed by atoms with Crippen molar-refractivity contribution in [2.75, 3.05) is 7.11 Å². The number of hydrazone groups is 1. The first-order valence-corrected chi connectivity index (χ1v) is 7.14. The Morgan fingerprint density at radius 2 is 1.81 bits per heavy atom. The highest BCUT2D eigenvalue weighted by atomic mass is 79.9. The minimum Gasteiger partial charge on any atom is -0.497 e.